The van der Waals surface area contributed by atoms with Crippen LogP contribution < -0.4 is 0 Å². The number of rotatable bonds is 5. The molecule has 0 spiro atoms. The Balaban J connectivity index is 1.53. The van der Waals surface area contributed by atoms with Gasteiger partial charge in [0.1, 0.15) is 11.8 Å². The van der Waals surface area contributed by atoms with E-state index in [1.165, 1.54) is 6.20 Å². The second kappa shape index (κ2) is 7.67. The minimum atomic E-state index is -0.473. The summed E-state index contributed by atoms with van der Waals surface area (Å²) in [6.45, 7) is 5.91. The Morgan fingerprint density at radius 1 is 1.21 bits per heavy atom. The Kier molecular flexibility index (Phi) is 5.07. The molecule has 0 aliphatic carbocycles. The molecule has 1 aromatic carbocycles. The maximum atomic E-state index is 12.5. The molecule has 0 aliphatic rings. The highest BCUT2D eigenvalue weighted by Gasteiger charge is 2.18. The predicted molar refractivity (Wildman–Crippen MR) is 110 cm³/mol. The second-order valence-corrected chi connectivity index (χ2v) is 7.36. The molecular formula is C21H20ClN5O2. The number of nitrogens with zero attached hydrogens (tertiary/aromatic N) is 5. The van der Waals surface area contributed by atoms with Crippen molar-refractivity contribution in [3.8, 4) is 5.69 Å². The van der Waals surface area contributed by atoms with Gasteiger partial charge in [-0.3, -0.25) is 0 Å². The lowest BCUT2D eigenvalue weighted by Gasteiger charge is -2.07. The highest BCUT2D eigenvalue weighted by molar-refractivity contribution is 6.30. The molecule has 0 amide bonds. The quantitative estimate of drug-likeness (QED) is 0.453. The third kappa shape index (κ3) is 3.61. The fourth-order valence-electron chi connectivity index (χ4n) is 3.09. The van der Waals surface area contributed by atoms with Crippen LogP contribution in [0.2, 0.25) is 5.15 Å². The van der Waals surface area contributed by atoms with E-state index in [-0.39, 0.29) is 12.6 Å². The van der Waals surface area contributed by atoms with E-state index in [0.29, 0.717) is 22.0 Å². The smallest absolute Gasteiger partial charge is 0.340 e. The van der Waals surface area contributed by atoms with Crippen molar-refractivity contribution in [3.05, 3.63) is 70.8 Å². The minimum Gasteiger partial charge on any atom is -0.457 e. The fraction of sp³-hybridized carbons (Fsp3) is 0.238. The topological polar surface area (TPSA) is 74.8 Å². The zero-order chi connectivity index (χ0) is 20.5. The number of pyridine rings is 1. The molecule has 0 saturated carbocycles. The Bertz CT molecular complexity index is 1180. The number of carbonyl (C=O) groups excluding carboxylic acids is 1. The maximum absolute atomic E-state index is 12.5. The van der Waals surface area contributed by atoms with Crippen LogP contribution in [0.3, 0.4) is 0 Å². The summed E-state index contributed by atoms with van der Waals surface area (Å²) in [5, 5.41) is 9.99. The Labute approximate surface area is 172 Å². The van der Waals surface area contributed by atoms with Gasteiger partial charge in [0.15, 0.2) is 5.65 Å². The average molecular weight is 410 g/mol. The van der Waals surface area contributed by atoms with E-state index in [4.69, 9.17) is 16.3 Å². The lowest BCUT2D eigenvalue weighted by molar-refractivity contribution is 0.0472. The SMILES string of the molecule is Cc1nn(-c2ccccc2)c(Cl)c1COC(=O)c1cnc2c(cnn2C(C)C)c1. The molecule has 0 atom stereocenters. The van der Waals surface area contributed by atoms with Gasteiger partial charge in [0.05, 0.1) is 23.1 Å². The number of carbonyl (C=O) groups is 1. The molecule has 8 heteroatoms. The van der Waals surface area contributed by atoms with Gasteiger partial charge < -0.3 is 4.74 Å². The third-order valence-electron chi connectivity index (χ3n) is 4.63. The molecule has 0 saturated heterocycles. The van der Waals surface area contributed by atoms with E-state index < -0.39 is 5.97 Å². The van der Waals surface area contributed by atoms with Crippen molar-refractivity contribution in [1.29, 1.82) is 0 Å². The van der Waals surface area contributed by atoms with E-state index >= 15 is 0 Å². The number of halogens is 1. The monoisotopic (exact) mass is 409 g/mol. The number of para-hydroxylation sites is 1. The largest absolute Gasteiger partial charge is 0.457 e. The van der Waals surface area contributed by atoms with Gasteiger partial charge in [0.2, 0.25) is 0 Å². The first-order valence-corrected chi connectivity index (χ1v) is 9.63. The Morgan fingerprint density at radius 3 is 2.69 bits per heavy atom. The van der Waals surface area contributed by atoms with Crippen molar-refractivity contribution in [1.82, 2.24) is 24.5 Å². The minimum absolute atomic E-state index is 0.0274. The van der Waals surface area contributed by atoms with Gasteiger partial charge in [-0.1, -0.05) is 29.8 Å². The average Bonchev–Trinajstić information content (AvgIpc) is 3.27. The van der Waals surface area contributed by atoms with E-state index in [1.54, 1.807) is 16.9 Å². The van der Waals surface area contributed by atoms with Crippen LogP contribution in [-0.2, 0) is 11.3 Å². The molecule has 4 rings (SSSR count). The van der Waals surface area contributed by atoms with Gasteiger partial charge in [-0.05, 0) is 39.0 Å². The molecule has 7 nitrogen and oxygen atoms in total. The molecule has 4 aromatic rings. The maximum Gasteiger partial charge on any atom is 0.340 e. The predicted octanol–water partition coefficient (Wildman–Crippen LogP) is 4.52. The number of benzene rings is 1. The van der Waals surface area contributed by atoms with E-state index in [9.17, 15) is 4.79 Å². The summed E-state index contributed by atoms with van der Waals surface area (Å²) in [6, 6.07) is 11.5. The first-order valence-electron chi connectivity index (χ1n) is 9.25. The van der Waals surface area contributed by atoms with Crippen LogP contribution in [0.5, 0.6) is 0 Å². The van der Waals surface area contributed by atoms with Crippen molar-refractivity contribution in [2.45, 2.75) is 33.4 Å². The normalized spacial score (nSPS) is 11.3. The van der Waals surface area contributed by atoms with Gasteiger partial charge in [-0.15, -0.1) is 0 Å². The van der Waals surface area contributed by atoms with Crippen molar-refractivity contribution < 1.29 is 9.53 Å². The molecule has 0 N–H and O–H groups in total. The van der Waals surface area contributed by atoms with E-state index in [1.807, 2.05) is 55.8 Å². The first kappa shape index (κ1) is 19.1. The summed E-state index contributed by atoms with van der Waals surface area (Å²) in [5.74, 6) is -0.473. The molecule has 0 fully saturated rings. The third-order valence-corrected chi connectivity index (χ3v) is 5.02. The lowest BCUT2D eigenvalue weighted by atomic mass is 10.2. The number of aryl methyl sites for hydroxylation is 1. The number of esters is 1. The fourth-order valence-corrected chi connectivity index (χ4v) is 3.41. The molecule has 0 radical (unpaired) electrons. The lowest BCUT2D eigenvalue weighted by Crippen LogP contribution is -2.07. The van der Waals surface area contributed by atoms with Gasteiger partial charge in [-0.25, -0.2) is 19.1 Å². The van der Waals surface area contributed by atoms with Crippen LogP contribution in [-0.4, -0.2) is 30.5 Å². The Hall–Kier alpha value is -3.19. The van der Waals surface area contributed by atoms with Gasteiger partial charge in [0, 0.05) is 23.2 Å². The van der Waals surface area contributed by atoms with Crippen molar-refractivity contribution in [2.24, 2.45) is 0 Å². The van der Waals surface area contributed by atoms with Crippen molar-refractivity contribution in [2.75, 3.05) is 0 Å². The molecular weight excluding hydrogens is 390 g/mol. The van der Waals surface area contributed by atoms with Crippen LogP contribution in [0, 0.1) is 6.92 Å². The van der Waals surface area contributed by atoms with Gasteiger partial charge >= 0.3 is 5.97 Å². The van der Waals surface area contributed by atoms with Crippen LogP contribution in [0.15, 0.2) is 48.8 Å². The number of aromatic nitrogens is 5. The van der Waals surface area contributed by atoms with Crippen LogP contribution >= 0.6 is 11.6 Å². The van der Waals surface area contributed by atoms with E-state index in [2.05, 4.69) is 15.2 Å². The van der Waals surface area contributed by atoms with E-state index in [0.717, 1.165) is 16.7 Å². The van der Waals surface area contributed by atoms with Crippen LogP contribution in [0.1, 0.15) is 41.5 Å². The zero-order valence-corrected chi connectivity index (χ0v) is 17.1. The molecule has 148 valence electrons. The van der Waals surface area contributed by atoms with Crippen molar-refractivity contribution in [3.63, 3.8) is 0 Å². The number of fused-ring (bicyclic) bond motifs is 1. The summed E-state index contributed by atoms with van der Waals surface area (Å²) >= 11 is 6.49. The van der Waals surface area contributed by atoms with Crippen LogP contribution in [0.4, 0.5) is 0 Å². The van der Waals surface area contributed by atoms with Gasteiger partial charge in [0.25, 0.3) is 0 Å². The summed E-state index contributed by atoms with van der Waals surface area (Å²) in [7, 11) is 0. The number of hydrogen-bond acceptors (Lipinski definition) is 5. The molecule has 29 heavy (non-hydrogen) atoms. The molecule has 0 unspecified atom stereocenters. The highest BCUT2D eigenvalue weighted by atomic mass is 35.5. The number of hydrogen-bond donors (Lipinski definition) is 0. The van der Waals surface area contributed by atoms with Crippen LogP contribution in [0.25, 0.3) is 16.7 Å². The molecule has 3 heterocycles. The Morgan fingerprint density at radius 2 is 1.97 bits per heavy atom. The van der Waals surface area contributed by atoms with Gasteiger partial charge in [-0.2, -0.15) is 10.2 Å². The van der Waals surface area contributed by atoms with Crippen molar-refractivity contribution >= 4 is 28.6 Å². The molecule has 0 aliphatic heterocycles. The summed E-state index contributed by atoms with van der Waals surface area (Å²) in [5.41, 5.74) is 3.32. The first-order chi connectivity index (χ1) is 14.0. The molecule has 3 aromatic heterocycles. The molecule has 0 bridgehead atoms. The number of ether oxygens (including phenoxy) is 1. The standard InChI is InChI=1S/C21H20ClN5O2/c1-13(2)26-20-15(11-24-26)9-16(10-23-20)21(28)29-12-18-14(3)25-27(19(18)22)17-7-5-4-6-8-17/h4-11,13H,12H2,1-3H3. The second-order valence-electron chi connectivity index (χ2n) is 7.00. The summed E-state index contributed by atoms with van der Waals surface area (Å²) in [6.07, 6.45) is 3.21. The summed E-state index contributed by atoms with van der Waals surface area (Å²) < 4.78 is 8.93. The zero-order valence-electron chi connectivity index (χ0n) is 16.3. The summed E-state index contributed by atoms with van der Waals surface area (Å²) in [4.78, 5) is 16.9. The highest BCUT2D eigenvalue weighted by Crippen LogP contribution is 2.25.